The number of amides is 1. The van der Waals surface area contributed by atoms with Crippen LogP contribution in [0.4, 0.5) is 0 Å². The van der Waals surface area contributed by atoms with Crippen LogP contribution in [0, 0.1) is 3.57 Å². The van der Waals surface area contributed by atoms with Gasteiger partial charge in [0.2, 0.25) is 11.8 Å². The predicted molar refractivity (Wildman–Crippen MR) is 85.7 cm³/mol. The van der Waals surface area contributed by atoms with Crippen LogP contribution in [-0.4, -0.2) is 10.9 Å². The van der Waals surface area contributed by atoms with Gasteiger partial charge in [0, 0.05) is 9.13 Å². The van der Waals surface area contributed by atoms with Crippen LogP contribution in [0.5, 0.6) is 0 Å². The van der Waals surface area contributed by atoms with Gasteiger partial charge in [-0.15, -0.1) is 0 Å². The summed E-state index contributed by atoms with van der Waals surface area (Å²) in [7, 11) is 0. The van der Waals surface area contributed by atoms with E-state index in [0.29, 0.717) is 27.6 Å². The number of oxazole rings is 1. The third kappa shape index (κ3) is 2.38. The van der Waals surface area contributed by atoms with Crippen LogP contribution < -0.4 is 5.73 Å². The number of carbonyl (C=O) groups excluding carboxylic acids is 1. The van der Waals surface area contributed by atoms with Crippen LogP contribution in [0.3, 0.4) is 0 Å². The van der Waals surface area contributed by atoms with Crippen LogP contribution in [0.25, 0.3) is 22.6 Å². The molecule has 0 saturated heterocycles. The number of primary amides is 1. The number of carbonyl (C=O) groups is 1. The molecule has 0 aliphatic heterocycles. The van der Waals surface area contributed by atoms with Gasteiger partial charge in [-0.2, -0.15) is 0 Å². The Balaban J connectivity index is 2.17. The van der Waals surface area contributed by atoms with Gasteiger partial charge in [-0.1, -0.05) is 11.6 Å². The second-order valence-corrected chi connectivity index (χ2v) is 5.84. The summed E-state index contributed by atoms with van der Waals surface area (Å²) in [6, 6.07) is 10.5. The van der Waals surface area contributed by atoms with Crippen molar-refractivity contribution < 1.29 is 9.21 Å². The number of nitrogens with two attached hydrogens (primary N) is 1. The SMILES string of the molecule is NC(=O)c1ccc2oc(-c3cc(I)ccc3Cl)nc2c1. The van der Waals surface area contributed by atoms with Gasteiger partial charge in [-0.05, 0) is 59.0 Å². The molecular weight excluding hydrogens is 391 g/mol. The second-order valence-electron chi connectivity index (χ2n) is 4.19. The molecule has 0 spiro atoms. The Bertz CT molecular complexity index is 829. The largest absolute Gasteiger partial charge is 0.436 e. The fraction of sp³-hybridized carbons (Fsp3) is 0. The lowest BCUT2D eigenvalue weighted by molar-refractivity contribution is 0.100. The molecule has 0 unspecified atom stereocenters. The molecular formula is C14H8ClIN2O2. The molecule has 1 aromatic heterocycles. The molecule has 3 rings (SSSR count). The highest BCUT2D eigenvalue weighted by Gasteiger charge is 2.13. The maximum atomic E-state index is 11.2. The Morgan fingerprint density at radius 3 is 2.80 bits per heavy atom. The molecule has 2 aromatic carbocycles. The van der Waals surface area contributed by atoms with Crippen LogP contribution in [0.15, 0.2) is 40.8 Å². The molecule has 20 heavy (non-hydrogen) atoms. The number of hydrogen-bond donors (Lipinski definition) is 1. The first-order valence-electron chi connectivity index (χ1n) is 5.70. The van der Waals surface area contributed by atoms with Gasteiger partial charge < -0.3 is 10.2 Å². The minimum absolute atomic E-state index is 0.395. The molecule has 1 amide bonds. The average molecular weight is 399 g/mol. The van der Waals surface area contributed by atoms with Gasteiger partial charge in [0.15, 0.2) is 5.58 Å². The fourth-order valence-corrected chi connectivity index (χ4v) is 2.55. The number of rotatable bonds is 2. The molecule has 0 fully saturated rings. The molecule has 0 atom stereocenters. The maximum absolute atomic E-state index is 11.2. The standard InChI is InChI=1S/C14H8ClIN2O2/c15-10-3-2-8(16)6-9(10)14-18-11-5-7(13(17)19)1-4-12(11)20-14/h1-6H,(H2,17,19). The van der Waals surface area contributed by atoms with Crippen LogP contribution in [0.1, 0.15) is 10.4 Å². The van der Waals surface area contributed by atoms with Crippen molar-refractivity contribution in [3.8, 4) is 11.5 Å². The van der Waals surface area contributed by atoms with Crippen LogP contribution in [0.2, 0.25) is 5.02 Å². The summed E-state index contributed by atoms with van der Waals surface area (Å²) in [5.41, 5.74) is 7.52. The van der Waals surface area contributed by atoms with Gasteiger partial charge >= 0.3 is 0 Å². The van der Waals surface area contributed by atoms with E-state index in [1.807, 2.05) is 12.1 Å². The van der Waals surface area contributed by atoms with E-state index in [1.54, 1.807) is 24.3 Å². The lowest BCUT2D eigenvalue weighted by Crippen LogP contribution is -2.10. The zero-order valence-electron chi connectivity index (χ0n) is 10.1. The Kier molecular flexibility index (Phi) is 3.39. The van der Waals surface area contributed by atoms with E-state index < -0.39 is 5.91 Å². The summed E-state index contributed by atoms with van der Waals surface area (Å²) in [6.45, 7) is 0. The highest BCUT2D eigenvalue weighted by molar-refractivity contribution is 14.1. The van der Waals surface area contributed by atoms with Gasteiger partial charge in [0.05, 0.1) is 10.6 Å². The third-order valence-electron chi connectivity index (χ3n) is 2.83. The van der Waals surface area contributed by atoms with Crippen LogP contribution in [-0.2, 0) is 0 Å². The third-order valence-corrected chi connectivity index (χ3v) is 3.83. The van der Waals surface area contributed by atoms with E-state index in [2.05, 4.69) is 27.6 Å². The van der Waals surface area contributed by atoms with Gasteiger partial charge in [-0.25, -0.2) is 4.98 Å². The highest BCUT2D eigenvalue weighted by atomic mass is 127. The molecule has 100 valence electrons. The number of benzene rings is 2. The first-order valence-corrected chi connectivity index (χ1v) is 7.16. The Morgan fingerprint density at radius 1 is 1.25 bits per heavy atom. The topological polar surface area (TPSA) is 69.1 Å². The lowest BCUT2D eigenvalue weighted by Gasteiger charge is -1.99. The zero-order chi connectivity index (χ0) is 14.3. The predicted octanol–water partition coefficient (Wildman–Crippen LogP) is 3.85. The highest BCUT2D eigenvalue weighted by Crippen LogP contribution is 2.31. The number of nitrogens with zero attached hydrogens (tertiary/aromatic N) is 1. The molecule has 2 N–H and O–H groups in total. The molecule has 0 saturated carbocycles. The number of hydrogen-bond acceptors (Lipinski definition) is 3. The zero-order valence-corrected chi connectivity index (χ0v) is 13.0. The summed E-state index contributed by atoms with van der Waals surface area (Å²) in [6.07, 6.45) is 0. The van der Waals surface area contributed by atoms with E-state index in [1.165, 1.54) is 0 Å². The molecule has 4 nitrogen and oxygen atoms in total. The van der Waals surface area contributed by atoms with Crippen LogP contribution >= 0.6 is 34.2 Å². The summed E-state index contributed by atoms with van der Waals surface area (Å²) in [5, 5.41) is 0.562. The summed E-state index contributed by atoms with van der Waals surface area (Å²) >= 11 is 8.35. The van der Waals surface area contributed by atoms with E-state index in [4.69, 9.17) is 21.8 Å². The molecule has 0 radical (unpaired) electrons. The Hall–Kier alpha value is -1.60. The molecule has 0 aliphatic carbocycles. The van der Waals surface area contributed by atoms with Crippen molar-refractivity contribution in [2.75, 3.05) is 0 Å². The maximum Gasteiger partial charge on any atom is 0.248 e. The molecule has 3 aromatic rings. The van der Waals surface area contributed by atoms with Gasteiger partial charge in [0.25, 0.3) is 0 Å². The number of halogens is 2. The molecule has 0 aliphatic rings. The van der Waals surface area contributed by atoms with Crippen molar-refractivity contribution in [2.24, 2.45) is 5.73 Å². The van der Waals surface area contributed by atoms with Crippen molar-refractivity contribution in [1.29, 1.82) is 0 Å². The molecule has 0 bridgehead atoms. The normalized spacial score (nSPS) is 10.9. The lowest BCUT2D eigenvalue weighted by atomic mass is 10.2. The molecule has 6 heteroatoms. The summed E-state index contributed by atoms with van der Waals surface area (Å²) in [4.78, 5) is 15.5. The van der Waals surface area contributed by atoms with Crippen molar-refractivity contribution in [3.63, 3.8) is 0 Å². The van der Waals surface area contributed by atoms with Gasteiger partial charge in [-0.3, -0.25) is 4.79 Å². The molecule has 1 heterocycles. The van der Waals surface area contributed by atoms with E-state index in [-0.39, 0.29) is 0 Å². The quantitative estimate of drug-likeness (QED) is 0.667. The Labute approximate surface area is 133 Å². The average Bonchev–Trinajstić information content (AvgIpc) is 2.83. The monoisotopic (exact) mass is 398 g/mol. The van der Waals surface area contributed by atoms with Crippen molar-refractivity contribution in [1.82, 2.24) is 4.98 Å². The van der Waals surface area contributed by atoms with E-state index >= 15 is 0 Å². The van der Waals surface area contributed by atoms with Crippen molar-refractivity contribution in [2.45, 2.75) is 0 Å². The summed E-state index contributed by atoms with van der Waals surface area (Å²) in [5.74, 6) is -0.0751. The smallest absolute Gasteiger partial charge is 0.248 e. The number of fused-ring (bicyclic) bond motifs is 1. The van der Waals surface area contributed by atoms with E-state index in [0.717, 1.165) is 9.13 Å². The second kappa shape index (κ2) is 5.06. The first kappa shape index (κ1) is 13.4. The minimum Gasteiger partial charge on any atom is -0.436 e. The van der Waals surface area contributed by atoms with Crippen molar-refractivity contribution >= 4 is 51.2 Å². The van der Waals surface area contributed by atoms with E-state index in [9.17, 15) is 4.79 Å². The number of aromatic nitrogens is 1. The fourth-order valence-electron chi connectivity index (χ4n) is 1.86. The first-order chi connectivity index (χ1) is 9.54. The summed E-state index contributed by atoms with van der Waals surface area (Å²) < 4.78 is 6.70. The van der Waals surface area contributed by atoms with Gasteiger partial charge in [0.1, 0.15) is 5.52 Å². The Morgan fingerprint density at radius 2 is 2.05 bits per heavy atom. The van der Waals surface area contributed by atoms with Crippen molar-refractivity contribution in [3.05, 3.63) is 50.6 Å². The minimum atomic E-state index is -0.497.